The van der Waals surface area contributed by atoms with Crippen LogP contribution in [-0.2, 0) is 0 Å². The number of carboxylic acid groups (broad SMARTS) is 1. The van der Waals surface area contributed by atoms with Crippen LogP contribution in [0.2, 0.25) is 0 Å². The molecule has 0 aromatic heterocycles. The van der Waals surface area contributed by atoms with Gasteiger partial charge < -0.3 is 10.0 Å². The van der Waals surface area contributed by atoms with Crippen LogP contribution in [0.15, 0.2) is 12.1 Å². The molecule has 1 N–H and O–H groups in total. The maximum absolute atomic E-state index is 10.9. The SMILES string of the molecule is Cc1c(C#N)cc(N(C)C)cc1C(=O)O. The lowest BCUT2D eigenvalue weighted by molar-refractivity contribution is 0.0696. The Morgan fingerprint density at radius 1 is 1.47 bits per heavy atom. The molecule has 0 heterocycles. The Morgan fingerprint density at radius 2 is 2.07 bits per heavy atom. The molecule has 0 spiro atoms. The topological polar surface area (TPSA) is 64.3 Å². The van der Waals surface area contributed by atoms with Crippen molar-refractivity contribution in [3.8, 4) is 6.07 Å². The summed E-state index contributed by atoms with van der Waals surface area (Å²) in [5.41, 5.74) is 1.81. The minimum Gasteiger partial charge on any atom is -0.478 e. The second-order valence-corrected chi connectivity index (χ2v) is 3.48. The van der Waals surface area contributed by atoms with E-state index in [4.69, 9.17) is 10.4 Å². The van der Waals surface area contributed by atoms with Crippen molar-refractivity contribution in [1.82, 2.24) is 0 Å². The van der Waals surface area contributed by atoms with Gasteiger partial charge in [0.25, 0.3) is 0 Å². The van der Waals surface area contributed by atoms with Crippen LogP contribution in [0.1, 0.15) is 21.5 Å². The molecule has 78 valence electrons. The summed E-state index contributed by atoms with van der Waals surface area (Å²) < 4.78 is 0. The molecule has 0 amide bonds. The van der Waals surface area contributed by atoms with E-state index < -0.39 is 5.97 Å². The predicted octanol–water partition coefficient (Wildman–Crippen LogP) is 1.63. The van der Waals surface area contributed by atoms with Crippen LogP contribution in [0.3, 0.4) is 0 Å². The molecular weight excluding hydrogens is 192 g/mol. The molecule has 15 heavy (non-hydrogen) atoms. The molecule has 0 unspecified atom stereocenters. The van der Waals surface area contributed by atoms with Crippen LogP contribution in [-0.4, -0.2) is 25.2 Å². The zero-order valence-corrected chi connectivity index (χ0v) is 8.90. The van der Waals surface area contributed by atoms with E-state index in [1.807, 2.05) is 6.07 Å². The van der Waals surface area contributed by atoms with Gasteiger partial charge >= 0.3 is 5.97 Å². The van der Waals surface area contributed by atoms with Gasteiger partial charge in [0.1, 0.15) is 0 Å². The summed E-state index contributed by atoms with van der Waals surface area (Å²) in [5.74, 6) is -1.01. The first-order valence-corrected chi connectivity index (χ1v) is 4.42. The number of hydrogen-bond donors (Lipinski definition) is 1. The first kappa shape index (κ1) is 11.1. The number of hydrogen-bond acceptors (Lipinski definition) is 3. The molecule has 4 nitrogen and oxygen atoms in total. The number of rotatable bonds is 2. The third kappa shape index (κ3) is 2.08. The summed E-state index contributed by atoms with van der Waals surface area (Å²) in [6.45, 7) is 1.64. The average molecular weight is 204 g/mol. The molecule has 1 aromatic carbocycles. The van der Waals surface area contributed by atoms with Crippen molar-refractivity contribution < 1.29 is 9.90 Å². The quantitative estimate of drug-likeness (QED) is 0.795. The lowest BCUT2D eigenvalue weighted by Gasteiger charge is -2.15. The van der Waals surface area contributed by atoms with Gasteiger partial charge in [0.15, 0.2) is 0 Å². The van der Waals surface area contributed by atoms with E-state index in [1.54, 1.807) is 38.1 Å². The highest BCUT2D eigenvalue weighted by Gasteiger charge is 2.13. The molecule has 0 saturated carbocycles. The molecule has 1 aromatic rings. The van der Waals surface area contributed by atoms with Crippen molar-refractivity contribution >= 4 is 11.7 Å². The van der Waals surface area contributed by atoms with Crippen LogP contribution in [0, 0.1) is 18.3 Å². The van der Waals surface area contributed by atoms with Crippen molar-refractivity contribution in [1.29, 1.82) is 5.26 Å². The second kappa shape index (κ2) is 4.01. The van der Waals surface area contributed by atoms with Gasteiger partial charge in [0.2, 0.25) is 0 Å². The van der Waals surface area contributed by atoms with Crippen molar-refractivity contribution in [2.24, 2.45) is 0 Å². The smallest absolute Gasteiger partial charge is 0.336 e. The molecular formula is C11H12N2O2. The van der Waals surface area contributed by atoms with E-state index >= 15 is 0 Å². The molecule has 0 bridgehead atoms. The van der Waals surface area contributed by atoms with Crippen LogP contribution in [0.5, 0.6) is 0 Å². The van der Waals surface area contributed by atoms with Gasteiger partial charge in [-0.25, -0.2) is 4.79 Å². The number of carbonyl (C=O) groups is 1. The largest absolute Gasteiger partial charge is 0.478 e. The summed E-state index contributed by atoms with van der Waals surface area (Å²) in [5, 5.41) is 17.8. The third-order valence-electron chi connectivity index (χ3n) is 2.26. The molecule has 0 radical (unpaired) electrons. The summed E-state index contributed by atoms with van der Waals surface area (Å²) in [6, 6.07) is 5.25. The normalized spacial score (nSPS) is 9.47. The van der Waals surface area contributed by atoms with E-state index in [9.17, 15) is 4.79 Å². The van der Waals surface area contributed by atoms with Crippen LogP contribution in [0.4, 0.5) is 5.69 Å². The number of benzene rings is 1. The Bertz CT molecular complexity index is 445. The van der Waals surface area contributed by atoms with Crippen molar-refractivity contribution in [2.45, 2.75) is 6.92 Å². The summed E-state index contributed by atoms with van der Waals surface area (Å²) in [7, 11) is 3.61. The molecule has 0 fully saturated rings. The van der Waals surface area contributed by atoms with E-state index in [0.29, 0.717) is 11.1 Å². The van der Waals surface area contributed by atoms with Crippen LogP contribution >= 0.6 is 0 Å². The van der Waals surface area contributed by atoms with E-state index in [-0.39, 0.29) is 5.56 Å². The van der Waals surface area contributed by atoms with Crippen molar-refractivity contribution in [3.63, 3.8) is 0 Å². The first-order chi connectivity index (χ1) is 6.97. The van der Waals surface area contributed by atoms with Gasteiger partial charge in [-0.05, 0) is 24.6 Å². The van der Waals surface area contributed by atoms with Gasteiger partial charge in [-0.1, -0.05) is 0 Å². The van der Waals surface area contributed by atoms with Gasteiger partial charge in [0.05, 0.1) is 17.2 Å². The zero-order chi connectivity index (χ0) is 11.6. The fourth-order valence-corrected chi connectivity index (χ4v) is 1.30. The number of carboxylic acids is 1. The minimum atomic E-state index is -1.01. The van der Waals surface area contributed by atoms with Crippen LogP contribution < -0.4 is 4.90 Å². The van der Waals surface area contributed by atoms with E-state index in [2.05, 4.69) is 0 Å². The molecule has 0 aliphatic rings. The Kier molecular flexibility index (Phi) is 2.96. The number of nitriles is 1. The highest BCUT2D eigenvalue weighted by Crippen LogP contribution is 2.21. The Labute approximate surface area is 88.4 Å². The molecule has 4 heteroatoms. The van der Waals surface area contributed by atoms with E-state index in [1.165, 1.54) is 0 Å². The summed E-state index contributed by atoms with van der Waals surface area (Å²) >= 11 is 0. The summed E-state index contributed by atoms with van der Waals surface area (Å²) in [4.78, 5) is 12.7. The fourth-order valence-electron chi connectivity index (χ4n) is 1.30. The second-order valence-electron chi connectivity index (χ2n) is 3.48. The number of anilines is 1. The first-order valence-electron chi connectivity index (χ1n) is 4.42. The molecule has 0 aliphatic heterocycles. The standard InChI is InChI=1S/C11H12N2O2/c1-7-8(6-12)4-9(13(2)3)5-10(7)11(14)15/h4-5H,1-3H3,(H,14,15). The minimum absolute atomic E-state index is 0.178. The van der Waals surface area contributed by atoms with Crippen molar-refractivity contribution in [3.05, 3.63) is 28.8 Å². The van der Waals surface area contributed by atoms with Crippen LogP contribution in [0.25, 0.3) is 0 Å². The molecule has 0 saturated heterocycles. The van der Waals surface area contributed by atoms with Gasteiger partial charge in [0, 0.05) is 19.8 Å². The van der Waals surface area contributed by atoms with E-state index in [0.717, 1.165) is 5.69 Å². The average Bonchev–Trinajstić information content (AvgIpc) is 2.17. The Balaban J connectivity index is 3.47. The maximum atomic E-state index is 10.9. The van der Waals surface area contributed by atoms with Gasteiger partial charge in [-0.3, -0.25) is 0 Å². The lowest BCUT2D eigenvalue weighted by atomic mass is 10.0. The highest BCUT2D eigenvalue weighted by molar-refractivity contribution is 5.91. The highest BCUT2D eigenvalue weighted by atomic mass is 16.4. The molecule has 0 aliphatic carbocycles. The predicted molar refractivity (Wildman–Crippen MR) is 57.2 cm³/mol. The molecule has 1 rings (SSSR count). The van der Waals surface area contributed by atoms with Crippen molar-refractivity contribution in [2.75, 3.05) is 19.0 Å². The zero-order valence-electron chi connectivity index (χ0n) is 8.90. The maximum Gasteiger partial charge on any atom is 0.336 e. The Hall–Kier alpha value is -2.02. The number of nitrogens with zero attached hydrogens (tertiary/aromatic N) is 2. The molecule has 0 atom stereocenters. The lowest BCUT2D eigenvalue weighted by Crippen LogP contribution is -2.11. The van der Waals surface area contributed by atoms with Gasteiger partial charge in [-0.2, -0.15) is 5.26 Å². The monoisotopic (exact) mass is 204 g/mol. The third-order valence-corrected chi connectivity index (χ3v) is 2.26. The van der Waals surface area contributed by atoms with Gasteiger partial charge in [-0.15, -0.1) is 0 Å². The fraction of sp³-hybridized carbons (Fsp3) is 0.273. The Morgan fingerprint density at radius 3 is 2.47 bits per heavy atom. The number of aromatic carboxylic acids is 1. The summed E-state index contributed by atoms with van der Waals surface area (Å²) in [6.07, 6.45) is 0.